The standard InChI is InChI=1S/C57H54B3N3Si3/c1-61-58(64(49-31-13-4-14-32-49,50-33-15-5-16-34-50)51-35-17-6-18-36-51)62(2)60(66(55-43-25-10-26-44-55,56-45-27-11-28-46-56)57-47-29-12-30-48-57)63(3)59(61)65(52-37-19-7-20-38-52,53-39-21-8-22-40-53)54-41-23-9-24-42-54/h4-48H,1-3H3. The van der Waals surface area contributed by atoms with Gasteiger partial charge in [0, 0.05) is 0 Å². The number of hydrogen-bond donors (Lipinski definition) is 0. The van der Waals surface area contributed by atoms with E-state index in [1.165, 1.54) is 46.7 Å². The summed E-state index contributed by atoms with van der Waals surface area (Å²) in [5.41, 5.74) is 0. The number of nitrogens with zero attached hydrogens (tertiary/aromatic N) is 3. The molecular weight excluding hydrogens is 843 g/mol. The fourth-order valence-electron chi connectivity index (χ4n) is 12.2. The van der Waals surface area contributed by atoms with Gasteiger partial charge in [0.2, 0.25) is 0 Å². The molecule has 9 aromatic carbocycles. The van der Waals surface area contributed by atoms with Crippen LogP contribution in [0.5, 0.6) is 0 Å². The minimum atomic E-state index is -3.16. The topological polar surface area (TPSA) is 9.72 Å². The summed E-state index contributed by atoms with van der Waals surface area (Å²) in [7, 11) is -2.04. The van der Waals surface area contributed by atoms with Gasteiger partial charge in [0.05, 0.1) is 0 Å². The largest absolute Gasteiger partial charge is 0.363 e. The molecule has 0 saturated carbocycles. The summed E-state index contributed by atoms with van der Waals surface area (Å²) in [4.78, 5) is 0. The maximum atomic E-state index is 2.87. The highest BCUT2D eigenvalue weighted by atomic mass is 28.3. The van der Waals surface area contributed by atoms with Crippen molar-refractivity contribution in [2.75, 3.05) is 21.1 Å². The molecule has 9 aromatic rings. The molecule has 1 aliphatic rings. The zero-order chi connectivity index (χ0) is 45.0. The Morgan fingerprint density at radius 2 is 0.303 bits per heavy atom. The first-order valence-electron chi connectivity index (χ1n) is 23.2. The summed E-state index contributed by atoms with van der Waals surface area (Å²) in [6.45, 7) is -0.245. The molecule has 3 nitrogen and oxygen atoms in total. The van der Waals surface area contributed by atoms with Crippen LogP contribution in [-0.4, -0.2) is 78.9 Å². The maximum Gasteiger partial charge on any atom is 0.291 e. The van der Waals surface area contributed by atoms with Gasteiger partial charge < -0.3 is 14.2 Å². The summed E-state index contributed by atoms with van der Waals surface area (Å²) in [6.07, 6.45) is 0. The lowest BCUT2D eigenvalue weighted by Gasteiger charge is -2.63. The molecule has 0 radical (unpaired) electrons. The first-order valence-corrected chi connectivity index (χ1v) is 29.4. The van der Waals surface area contributed by atoms with Gasteiger partial charge >= 0.3 is 0 Å². The Balaban J connectivity index is 1.42. The molecule has 0 N–H and O–H groups in total. The Bertz CT molecular complexity index is 2310. The second-order valence-corrected chi connectivity index (χ2v) is 29.4. The molecule has 0 aromatic heterocycles. The second kappa shape index (κ2) is 18.9. The lowest BCUT2D eigenvalue weighted by molar-refractivity contribution is 0.572. The molecule has 1 saturated heterocycles. The van der Waals surface area contributed by atoms with Crippen LogP contribution in [0.3, 0.4) is 0 Å². The summed E-state index contributed by atoms with van der Waals surface area (Å²) < 4.78 is 8.61. The lowest BCUT2D eigenvalue weighted by atomic mass is 9.72. The van der Waals surface area contributed by atoms with Gasteiger partial charge in [-0.1, -0.05) is 320 Å². The normalized spacial score (nSPS) is 14.3. The molecule has 10 rings (SSSR count). The van der Waals surface area contributed by atoms with Gasteiger partial charge in [-0.15, -0.1) is 0 Å². The van der Waals surface area contributed by atoms with Crippen molar-refractivity contribution in [1.82, 2.24) is 14.2 Å². The highest BCUT2D eigenvalue weighted by Gasteiger charge is 2.70. The maximum absolute atomic E-state index is 3.16. The molecule has 318 valence electrons. The average Bonchev–Trinajstić information content (AvgIpc) is 3.40. The van der Waals surface area contributed by atoms with Gasteiger partial charge in [-0.2, -0.15) is 0 Å². The Hall–Kier alpha value is -6.29. The first kappa shape index (κ1) is 43.6. The Kier molecular flexibility index (Phi) is 12.5. The summed E-state index contributed by atoms with van der Waals surface area (Å²) in [5, 5.41) is 12.5. The SMILES string of the molecule is CN1B([Si](c2ccccc2)(c2ccccc2)c2ccccc2)N(C)B([Si](c2ccccc2)(c2ccccc2)c2ccccc2)N(C)B1[Si](c1ccccc1)(c1ccccc1)c1ccccc1. The summed E-state index contributed by atoms with van der Waals surface area (Å²) in [6, 6.07) is 104. The first-order chi connectivity index (χ1) is 32.5. The van der Waals surface area contributed by atoms with E-state index in [0.29, 0.717) is 0 Å². The molecule has 9 heteroatoms. The molecule has 0 amide bonds. The van der Waals surface area contributed by atoms with Gasteiger partial charge in [-0.3, -0.25) is 0 Å². The lowest BCUT2D eigenvalue weighted by Crippen LogP contribution is -3.00. The molecule has 1 aliphatic heterocycles. The monoisotopic (exact) mass is 897 g/mol. The fraction of sp³-hybridized carbons (Fsp3) is 0.0526. The molecule has 0 aliphatic carbocycles. The highest BCUT2D eigenvalue weighted by molar-refractivity contribution is 7.60. The van der Waals surface area contributed by atoms with E-state index in [2.05, 4.69) is 308 Å². The minimum Gasteiger partial charge on any atom is -0.363 e. The molecular formula is C57H54B3N3Si3. The number of rotatable bonds is 12. The molecule has 66 heavy (non-hydrogen) atoms. The molecule has 0 atom stereocenters. The van der Waals surface area contributed by atoms with Gasteiger partial charge in [0.25, 0.3) is 19.7 Å². The Morgan fingerprint density at radius 1 is 0.197 bits per heavy atom. The van der Waals surface area contributed by atoms with E-state index in [1.54, 1.807) is 0 Å². The van der Waals surface area contributed by atoms with Crippen molar-refractivity contribution in [3.63, 3.8) is 0 Å². The second-order valence-electron chi connectivity index (χ2n) is 17.8. The third-order valence-corrected chi connectivity index (χ3v) is 30.5. The van der Waals surface area contributed by atoms with E-state index in [0.717, 1.165) is 0 Å². The number of hydrogen-bond acceptors (Lipinski definition) is 3. The Labute approximate surface area is 396 Å². The molecule has 0 spiro atoms. The minimum absolute atomic E-state index is 0.0816. The molecule has 0 unspecified atom stereocenters. The van der Waals surface area contributed by atoms with Gasteiger partial charge in [-0.05, 0) is 21.1 Å². The predicted molar refractivity (Wildman–Crippen MR) is 292 cm³/mol. The molecule has 1 fully saturated rings. The van der Waals surface area contributed by atoms with Crippen molar-refractivity contribution in [3.8, 4) is 0 Å². The van der Waals surface area contributed by atoms with Crippen molar-refractivity contribution in [1.29, 1.82) is 0 Å². The van der Waals surface area contributed by atoms with Crippen LogP contribution >= 0.6 is 0 Å². The van der Waals surface area contributed by atoms with Crippen LogP contribution in [0.15, 0.2) is 273 Å². The van der Waals surface area contributed by atoms with Gasteiger partial charge in [-0.25, -0.2) is 0 Å². The van der Waals surface area contributed by atoms with Crippen LogP contribution in [-0.2, 0) is 0 Å². The third-order valence-electron chi connectivity index (χ3n) is 14.5. The van der Waals surface area contributed by atoms with Crippen molar-refractivity contribution < 1.29 is 0 Å². The van der Waals surface area contributed by atoms with E-state index in [1.807, 2.05) is 0 Å². The highest BCUT2D eigenvalue weighted by Crippen LogP contribution is 2.32. The van der Waals surface area contributed by atoms with Crippen molar-refractivity contribution >= 4 is 90.2 Å². The van der Waals surface area contributed by atoms with E-state index < -0.39 is 23.8 Å². The van der Waals surface area contributed by atoms with Gasteiger partial charge in [0.1, 0.15) is 0 Å². The van der Waals surface area contributed by atoms with Crippen molar-refractivity contribution in [3.05, 3.63) is 273 Å². The van der Waals surface area contributed by atoms with E-state index in [-0.39, 0.29) is 19.7 Å². The van der Waals surface area contributed by atoms with Crippen LogP contribution in [0.1, 0.15) is 0 Å². The smallest absolute Gasteiger partial charge is 0.291 e. The van der Waals surface area contributed by atoms with Crippen LogP contribution in [0.2, 0.25) is 0 Å². The van der Waals surface area contributed by atoms with Crippen LogP contribution in [0.25, 0.3) is 0 Å². The zero-order valence-electron chi connectivity index (χ0n) is 38.1. The third kappa shape index (κ3) is 7.10. The molecule has 1 heterocycles. The number of benzene rings is 9. The predicted octanol–water partition coefficient (Wildman–Crippen LogP) is 5.01. The fourth-order valence-corrected chi connectivity index (χ4v) is 29.4. The van der Waals surface area contributed by atoms with Crippen molar-refractivity contribution in [2.45, 2.75) is 0 Å². The van der Waals surface area contributed by atoms with E-state index in [9.17, 15) is 0 Å². The van der Waals surface area contributed by atoms with Gasteiger partial charge in [0.15, 0.2) is 23.8 Å². The van der Waals surface area contributed by atoms with Crippen LogP contribution in [0, 0.1) is 0 Å². The van der Waals surface area contributed by atoms with Crippen LogP contribution in [0.4, 0.5) is 0 Å². The summed E-state index contributed by atoms with van der Waals surface area (Å²) >= 11 is 0. The molecule has 0 bridgehead atoms. The van der Waals surface area contributed by atoms with E-state index in [4.69, 9.17) is 0 Å². The Morgan fingerprint density at radius 3 is 0.409 bits per heavy atom. The summed E-state index contributed by atoms with van der Waals surface area (Å²) in [5.74, 6) is 0. The van der Waals surface area contributed by atoms with Crippen molar-refractivity contribution in [2.24, 2.45) is 0 Å². The van der Waals surface area contributed by atoms with Crippen LogP contribution < -0.4 is 46.7 Å². The quantitative estimate of drug-likeness (QED) is 0.126. The average molecular weight is 898 g/mol. The zero-order valence-corrected chi connectivity index (χ0v) is 41.1. The van der Waals surface area contributed by atoms with E-state index >= 15 is 0 Å².